The Morgan fingerprint density at radius 3 is 2.35 bits per heavy atom. The minimum Gasteiger partial charge on any atom is -0.478 e. The molecule has 0 saturated carbocycles. The molecule has 1 aliphatic heterocycles. The molecule has 1 heterocycles. The molecule has 2 aromatic carbocycles. The standard InChI is InChI=1S/C20H20N2O4/c1-11-7-8-14(20(25)26)9-15(11)21-16-10-17(23)22(19(16)24)18-12(2)5-4-6-13(18)3/h4-9,16,21H,10H2,1-3H3,(H,25,26). The Morgan fingerprint density at radius 2 is 1.73 bits per heavy atom. The van der Waals surface area contributed by atoms with Crippen molar-refractivity contribution in [3.05, 3.63) is 58.7 Å². The zero-order valence-corrected chi connectivity index (χ0v) is 14.9. The number of anilines is 2. The minimum absolute atomic E-state index is 0.0311. The van der Waals surface area contributed by atoms with Crippen LogP contribution in [-0.4, -0.2) is 28.9 Å². The maximum Gasteiger partial charge on any atom is 0.335 e. The topological polar surface area (TPSA) is 86.7 Å². The second kappa shape index (κ2) is 6.63. The van der Waals surface area contributed by atoms with Crippen LogP contribution < -0.4 is 10.2 Å². The predicted molar refractivity (Wildman–Crippen MR) is 98.6 cm³/mol. The van der Waals surface area contributed by atoms with E-state index in [2.05, 4.69) is 5.32 Å². The highest BCUT2D eigenvalue weighted by molar-refractivity contribution is 6.23. The van der Waals surface area contributed by atoms with E-state index in [1.165, 1.54) is 17.0 Å². The van der Waals surface area contributed by atoms with E-state index in [-0.39, 0.29) is 23.8 Å². The number of para-hydroxylation sites is 1. The molecule has 2 aromatic rings. The second-order valence-electron chi connectivity index (χ2n) is 6.54. The van der Waals surface area contributed by atoms with Crippen molar-refractivity contribution in [2.24, 2.45) is 0 Å². The molecule has 26 heavy (non-hydrogen) atoms. The van der Waals surface area contributed by atoms with Gasteiger partial charge >= 0.3 is 5.97 Å². The highest BCUT2D eigenvalue weighted by Crippen LogP contribution is 2.31. The Morgan fingerprint density at radius 1 is 1.08 bits per heavy atom. The molecule has 0 bridgehead atoms. The van der Waals surface area contributed by atoms with E-state index in [0.29, 0.717) is 11.4 Å². The van der Waals surface area contributed by atoms with E-state index < -0.39 is 12.0 Å². The van der Waals surface area contributed by atoms with Crippen LogP contribution in [0.25, 0.3) is 0 Å². The molecule has 6 heteroatoms. The summed E-state index contributed by atoms with van der Waals surface area (Å²) in [6.45, 7) is 5.55. The van der Waals surface area contributed by atoms with Crippen LogP contribution in [0, 0.1) is 20.8 Å². The molecule has 1 saturated heterocycles. The molecule has 134 valence electrons. The average Bonchev–Trinajstić information content (AvgIpc) is 2.84. The fourth-order valence-electron chi connectivity index (χ4n) is 3.24. The third kappa shape index (κ3) is 3.06. The molecule has 1 unspecified atom stereocenters. The number of nitrogens with one attached hydrogen (secondary N) is 1. The van der Waals surface area contributed by atoms with Gasteiger partial charge < -0.3 is 10.4 Å². The van der Waals surface area contributed by atoms with Gasteiger partial charge in [-0.1, -0.05) is 24.3 Å². The summed E-state index contributed by atoms with van der Waals surface area (Å²) in [5.74, 6) is -1.64. The Bertz CT molecular complexity index is 900. The summed E-state index contributed by atoms with van der Waals surface area (Å²) in [6, 6.07) is 9.56. The summed E-state index contributed by atoms with van der Waals surface area (Å²) in [7, 11) is 0. The monoisotopic (exact) mass is 352 g/mol. The lowest BCUT2D eigenvalue weighted by atomic mass is 10.1. The molecule has 2 amide bonds. The molecular weight excluding hydrogens is 332 g/mol. The number of aromatic carboxylic acids is 1. The van der Waals surface area contributed by atoms with Crippen molar-refractivity contribution < 1.29 is 19.5 Å². The fraction of sp³-hybridized carbons (Fsp3) is 0.250. The van der Waals surface area contributed by atoms with Crippen LogP contribution in [0.1, 0.15) is 33.5 Å². The Kier molecular flexibility index (Phi) is 4.50. The van der Waals surface area contributed by atoms with Crippen LogP contribution in [0.3, 0.4) is 0 Å². The van der Waals surface area contributed by atoms with Crippen molar-refractivity contribution in [2.75, 3.05) is 10.2 Å². The molecule has 2 N–H and O–H groups in total. The van der Waals surface area contributed by atoms with Gasteiger partial charge in [-0.25, -0.2) is 9.69 Å². The van der Waals surface area contributed by atoms with E-state index in [1.54, 1.807) is 6.07 Å². The lowest BCUT2D eigenvalue weighted by molar-refractivity contribution is -0.121. The summed E-state index contributed by atoms with van der Waals surface area (Å²) >= 11 is 0. The van der Waals surface area contributed by atoms with Gasteiger partial charge in [-0.3, -0.25) is 9.59 Å². The van der Waals surface area contributed by atoms with E-state index in [0.717, 1.165) is 16.7 Å². The van der Waals surface area contributed by atoms with Crippen LogP contribution in [0.5, 0.6) is 0 Å². The van der Waals surface area contributed by atoms with E-state index >= 15 is 0 Å². The number of rotatable bonds is 4. The maximum absolute atomic E-state index is 12.9. The molecule has 0 radical (unpaired) electrons. The number of carbonyl (C=O) groups is 3. The first-order valence-corrected chi connectivity index (χ1v) is 8.33. The number of amides is 2. The number of carboxylic acids is 1. The van der Waals surface area contributed by atoms with Crippen LogP contribution in [0.2, 0.25) is 0 Å². The fourth-order valence-corrected chi connectivity index (χ4v) is 3.24. The average molecular weight is 352 g/mol. The van der Waals surface area contributed by atoms with Crippen molar-refractivity contribution in [2.45, 2.75) is 33.2 Å². The summed E-state index contributed by atoms with van der Waals surface area (Å²) in [5, 5.41) is 12.2. The number of carboxylic acid groups (broad SMARTS) is 1. The number of aryl methyl sites for hydroxylation is 3. The van der Waals surface area contributed by atoms with Crippen molar-refractivity contribution >= 4 is 29.2 Å². The smallest absolute Gasteiger partial charge is 0.335 e. The second-order valence-corrected chi connectivity index (χ2v) is 6.54. The number of benzene rings is 2. The zero-order valence-electron chi connectivity index (χ0n) is 14.9. The van der Waals surface area contributed by atoms with Crippen molar-refractivity contribution in [1.29, 1.82) is 0 Å². The van der Waals surface area contributed by atoms with Gasteiger partial charge in [-0.15, -0.1) is 0 Å². The van der Waals surface area contributed by atoms with Crippen LogP contribution in [0.15, 0.2) is 36.4 Å². The van der Waals surface area contributed by atoms with Crippen molar-refractivity contribution in [3.63, 3.8) is 0 Å². The summed E-state index contributed by atoms with van der Waals surface area (Å²) in [6.07, 6.45) is 0.0311. The number of nitrogens with zero attached hydrogens (tertiary/aromatic N) is 1. The van der Waals surface area contributed by atoms with Crippen LogP contribution >= 0.6 is 0 Å². The van der Waals surface area contributed by atoms with Gasteiger partial charge in [0, 0.05) is 5.69 Å². The van der Waals surface area contributed by atoms with Gasteiger partial charge in [0.25, 0.3) is 5.91 Å². The van der Waals surface area contributed by atoms with Crippen LogP contribution in [0.4, 0.5) is 11.4 Å². The van der Waals surface area contributed by atoms with Gasteiger partial charge in [0.1, 0.15) is 6.04 Å². The quantitative estimate of drug-likeness (QED) is 0.826. The number of hydrogen-bond donors (Lipinski definition) is 2. The van der Waals surface area contributed by atoms with Crippen molar-refractivity contribution in [1.82, 2.24) is 0 Å². The van der Waals surface area contributed by atoms with Gasteiger partial charge in [0.2, 0.25) is 5.91 Å². The summed E-state index contributed by atoms with van der Waals surface area (Å²) < 4.78 is 0. The molecule has 6 nitrogen and oxygen atoms in total. The molecule has 1 fully saturated rings. The largest absolute Gasteiger partial charge is 0.478 e. The van der Waals surface area contributed by atoms with Crippen LogP contribution in [-0.2, 0) is 9.59 Å². The first-order chi connectivity index (χ1) is 12.3. The molecule has 0 aliphatic carbocycles. The molecule has 0 aromatic heterocycles. The number of hydrogen-bond acceptors (Lipinski definition) is 4. The predicted octanol–water partition coefficient (Wildman–Crippen LogP) is 3.05. The van der Waals surface area contributed by atoms with Gasteiger partial charge in [-0.05, 0) is 49.6 Å². The lowest BCUT2D eigenvalue weighted by Gasteiger charge is -2.20. The van der Waals surface area contributed by atoms with E-state index in [9.17, 15) is 14.4 Å². The Labute approximate surface area is 151 Å². The first kappa shape index (κ1) is 17.7. The first-order valence-electron chi connectivity index (χ1n) is 8.33. The highest BCUT2D eigenvalue weighted by atomic mass is 16.4. The number of carbonyl (C=O) groups excluding carboxylic acids is 2. The van der Waals surface area contributed by atoms with E-state index in [4.69, 9.17) is 5.11 Å². The Balaban J connectivity index is 1.91. The number of imide groups is 1. The Hall–Kier alpha value is -3.15. The molecule has 1 aliphatic rings. The van der Waals surface area contributed by atoms with E-state index in [1.807, 2.05) is 39.0 Å². The zero-order chi connectivity index (χ0) is 19.0. The molecule has 3 rings (SSSR count). The molecule has 0 spiro atoms. The normalized spacial score (nSPS) is 16.9. The maximum atomic E-state index is 12.9. The minimum atomic E-state index is -1.04. The van der Waals surface area contributed by atoms with Gasteiger partial charge in [0.15, 0.2) is 0 Å². The lowest BCUT2D eigenvalue weighted by Crippen LogP contribution is -2.35. The molecular formula is C20H20N2O4. The van der Waals surface area contributed by atoms with Gasteiger partial charge in [0.05, 0.1) is 17.7 Å². The SMILES string of the molecule is Cc1ccc(C(=O)O)cc1NC1CC(=O)N(c2c(C)cccc2C)C1=O. The summed E-state index contributed by atoms with van der Waals surface area (Å²) in [4.78, 5) is 37.8. The third-order valence-electron chi connectivity index (χ3n) is 4.62. The van der Waals surface area contributed by atoms with Gasteiger partial charge in [-0.2, -0.15) is 0 Å². The third-order valence-corrected chi connectivity index (χ3v) is 4.62. The molecule has 1 atom stereocenters. The van der Waals surface area contributed by atoms with Crippen molar-refractivity contribution in [3.8, 4) is 0 Å². The highest BCUT2D eigenvalue weighted by Gasteiger charge is 2.40. The summed E-state index contributed by atoms with van der Waals surface area (Å²) in [5.41, 5.74) is 3.82.